The molecule has 17 heavy (non-hydrogen) atoms. The molecule has 92 valence electrons. The fourth-order valence-electron chi connectivity index (χ4n) is 1.51. The van der Waals surface area contributed by atoms with Gasteiger partial charge in [0.05, 0.1) is 26.7 Å². The molecule has 0 radical (unpaired) electrons. The van der Waals surface area contributed by atoms with Crippen LogP contribution in [0.2, 0.25) is 0 Å². The van der Waals surface area contributed by atoms with E-state index < -0.39 is 5.92 Å². The molecule has 0 fully saturated rings. The lowest BCUT2D eigenvalue weighted by Gasteiger charge is -2.17. The Balaban J connectivity index is 3.41. The van der Waals surface area contributed by atoms with E-state index in [4.69, 9.17) is 14.7 Å². The van der Waals surface area contributed by atoms with Gasteiger partial charge in [0, 0.05) is 18.1 Å². The van der Waals surface area contributed by atoms with E-state index in [-0.39, 0.29) is 17.7 Å². The first-order valence-electron chi connectivity index (χ1n) is 4.94. The lowest BCUT2D eigenvalue weighted by Crippen LogP contribution is -2.09. The molecule has 0 heterocycles. The van der Waals surface area contributed by atoms with Crippen molar-refractivity contribution < 1.29 is 18.3 Å². The Morgan fingerprint density at radius 2 is 1.94 bits per heavy atom. The predicted octanol–water partition coefficient (Wildman–Crippen LogP) is 2.88. The van der Waals surface area contributed by atoms with Gasteiger partial charge in [-0.1, -0.05) is 0 Å². The first-order chi connectivity index (χ1) is 7.93. The Kier molecular flexibility index (Phi) is 3.89. The van der Waals surface area contributed by atoms with E-state index in [0.29, 0.717) is 11.3 Å². The summed E-state index contributed by atoms with van der Waals surface area (Å²) < 4.78 is 36.6. The minimum Gasteiger partial charge on any atom is -0.493 e. The SMILES string of the molecule is COc1cc(C(C)(F)F)cc(CC#N)c1OC. The van der Waals surface area contributed by atoms with Crippen LogP contribution < -0.4 is 9.47 Å². The van der Waals surface area contributed by atoms with Gasteiger partial charge in [0.25, 0.3) is 5.92 Å². The maximum absolute atomic E-state index is 13.2. The Morgan fingerprint density at radius 3 is 2.35 bits per heavy atom. The van der Waals surface area contributed by atoms with E-state index in [1.165, 1.54) is 26.4 Å². The second-order valence-electron chi connectivity index (χ2n) is 3.59. The van der Waals surface area contributed by atoms with E-state index in [0.717, 1.165) is 6.92 Å². The number of rotatable bonds is 4. The molecular formula is C12H13F2NO2. The maximum atomic E-state index is 13.2. The average Bonchev–Trinajstić information content (AvgIpc) is 2.27. The minimum atomic E-state index is -2.98. The minimum absolute atomic E-state index is 0.0105. The van der Waals surface area contributed by atoms with Crippen molar-refractivity contribution >= 4 is 0 Å². The van der Waals surface area contributed by atoms with Crippen molar-refractivity contribution in [1.82, 2.24) is 0 Å². The van der Waals surface area contributed by atoms with Crippen LogP contribution in [0.5, 0.6) is 11.5 Å². The van der Waals surface area contributed by atoms with Crippen molar-refractivity contribution in [3.05, 3.63) is 23.3 Å². The Bertz CT molecular complexity index is 447. The zero-order valence-corrected chi connectivity index (χ0v) is 9.88. The van der Waals surface area contributed by atoms with Gasteiger partial charge in [-0.25, -0.2) is 8.78 Å². The van der Waals surface area contributed by atoms with Gasteiger partial charge in [0.1, 0.15) is 0 Å². The third kappa shape index (κ3) is 2.84. The second-order valence-corrected chi connectivity index (χ2v) is 3.59. The van der Waals surface area contributed by atoms with Crippen molar-refractivity contribution in [1.29, 1.82) is 5.26 Å². The number of halogens is 2. The van der Waals surface area contributed by atoms with Gasteiger partial charge in [-0.05, 0) is 12.1 Å². The fraction of sp³-hybridized carbons (Fsp3) is 0.417. The van der Waals surface area contributed by atoms with Crippen LogP contribution >= 0.6 is 0 Å². The monoisotopic (exact) mass is 241 g/mol. The number of hydrogen-bond donors (Lipinski definition) is 0. The van der Waals surface area contributed by atoms with Gasteiger partial charge in [0.2, 0.25) is 0 Å². The summed E-state index contributed by atoms with van der Waals surface area (Å²) in [5.41, 5.74) is 0.200. The number of ether oxygens (including phenoxy) is 2. The average molecular weight is 241 g/mol. The Labute approximate surface area is 98.6 Å². The van der Waals surface area contributed by atoms with Crippen molar-refractivity contribution in [2.45, 2.75) is 19.3 Å². The second kappa shape index (κ2) is 5.00. The normalized spacial score (nSPS) is 10.8. The standard InChI is InChI=1S/C12H13F2NO2/c1-12(13,14)9-6-8(4-5-15)11(17-3)10(7-9)16-2/h6-7H,4H2,1-3H3. The molecule has 1 rings (SSSR count). The molecule has 0 unspecified atom stereocenters. The van der Waals surface area contributed by atoms with Crippen molar-refractivity contribution in [2.24, 2.45) is 0 Å². The highest BCUT2D eigenvalue weighted by molar-refractivity contribution is 5.51. The Hall–Kier alpha value is -1.83. The molecule has 0 bridgehead atoms. The molecule has 0 aliphatic rings. The third-order valence-corrected chi connectivity index (χ3v) is 2.33. The summed E-state index contributed by atoms with van der Waals surface area (Å²) in [6, 6.07) is 4.40. The van der Waals surface area contributed by atoms with Gasteiger partial charge >= 0.3 is 0 Å². The lowest BCUT2D eigenvalue weighted by atomic mass is 10.0. The summed E-state index contributed by atoms with van der Waals surface area (Å²) in [4.78, 5) is 0. The molecule has 1 aromatic carbocycles. The van der Waals surface area contributed by atoms with Gasteiger partial charge in [0.15, 0.2) is 11.5 Å². The molecule has 0 amide bonds. The van der Waals surface area contributed by atoms with E-state index in [1.54, 1.807) is 0 Å². The predicted molar refractivity (Wildman–Crippen MR) is 58.4 cm³/mol. The summed E-state index contributed by atoms with van der Waals surface area (Å²) in [5.74, 6) is -2.46. The quantitative estimate of drug-likeness (QED) is 0.814. The van der Waals surface area contributed by atoms with Crippen LogP contribution in [0.25, 0.3) is 0 Å². The largest absolute Gasteiger partial charge is 0.493 e. The fourth-order valence-corrected chi connectivity index (χ4v) is 1.51. The molecule has 0 aromatic heterocycles. The zero-order chi connectivity index (χ0) is 13.1. The maximum Gasteiger partial charge on any atom is 0.270 e. The third-order valence-electron chi connectivity index (χ3n) is 2.33. The zero-order valence-electron chi connectivity index (χ0n) is 9.88. The van der Waals surface area contributed by atoms with Crippen molar-refractivity contribution in [3.8, 4) is 17.6 Å². The molecule has 0 atom stereocenters. The molecule has 1 aromatic rings. The van der Waals surface area contributed by atoms with Gasteiger partial charge in [-0.15, -0.1) is 0 Å². The number of benzene rings is 1. The van der Waals surface area contributed by atoms with Crippen LogP contribution in [-0.2, 0) is 12.3 Å². The van der Waals surface area contributed by atoms with Crippen LogP contribution in [-0.4, -0.2) is 14.2 Å². The van der Waals surface area contributed by atoms with Crippen LogP contribution in [0, 0.1) is 11.3 Å². The topological polar surface area (TPSA) is 42.2 Å². The first-order valence-corrected chi connectivity index (χ1v) is 4.94. The number of hydrogen-bond acceptors (Lipinski definition) is 3. The van der Waals surface area contributed by atoms with Crippen molar-refractivity contribution in [3.63, 3.8) is 0 Å². The summed E-state index contributed by atoms with van der Waals surface area (Å²) in [6.07, 6.45) is -0.0105. The summed E-state index contributed by atoms with van der Waals surface area (Å²) in [5, 5.41) is 8.66. The molecule has 0 N–H and O–H groups in total. The molecule has 3 nitrogen and oxygen atoms in total. The molecule has 0 spiro atoms. The van der Waals surface area contributed by atoms with E-state index in [1.807, 2.05) is 6.07 Å². The lowest BCUT2D eigenvalue weighted by molar-refractivity contribution is 0.0171. The Morgan fingerprint density at radius 1 is 1.29 bits per heavy atom. The van der Waals surface area contributed by atoms with E-state index in [9.17, 15) is 8.78 Å². The molecule has 0 saturated carbocycles. The molecule has 0 aliphatic heterocycles. The van der Waals surface area contributed by atoms with Crippen LogP contribution in [0.4, 0.5) is 8.78 Å². The highest BCUT2D eigenvalue weighted by Gasteiger charge is 2.27. The first kappa shape index (κ1) is 13.2. The summed E-state index contributed by atoms with van der Waals surface area (Å²) >= 11 is 0. The van der Waals surface area contributed by atoms with E-state index >= 15 is 0 Å². The smallest absolute Gasteiger partial charge is 0.270 e. The van der Waals surface area contributed by atoms with Gasteiger partial charge < -0.3 is 9.47 Å². The molecule has 0 saturated heterocycles. The van der Waals surface area contributed by atoms with Crippen molar-refractivity contribution in [2.75, 3.05) is 14.2 Å². The van der Waals surface area contributed by atoms with Crippen LogP contribution in [0.3, 0.4) is 0 Å². The number of nitrogens with zero attached hydrogens (tertiary/aromatic N) is 1. The summed E-state index contributed by atoms with van der Waals surface area (Å²) in [7, 11) is 2.77. The summed E-state index contributed by atoms with van der Waals surface area (Å²) in [6.45, 7) is 0.796. The highest BCUT2D eigenvalue weighted by Crippen LogP contribution is 2.38. The molecule has 5 heteroatoms. The van der Waals surface area contributed by atoms with Gasteiger partial charge in [-0.3, -0.25) is 0 Å². The van der Waals surface area contributed by atoms with Crippen LogP contribution in [0.1, 0.15) is 18.1 Å². The van der Waals surface area contributed by atoms with Gasteiger partial charge in [-0.2, -0.15) is 5.26 Å². The molecule has 0 aliphatic carbocycles. The number of nitriles is 1. The van der Waals surface area contributed by atoms with E-state index in [2.05, 4.69) is 0 Å². The molecular weight excluding hydrogens is 228 g/mol. The highest BCUT2D eigenvalue weighted by atomic mass is 19.3. The number of methoxy groups -OCH3 is 2. The van der Waals surface area contributed by atoms with Crippen LogP contribution in [0.15, 0.2) is 12.1 Å². The number of alkyl halides is 2.